The third kappa shape index (κ3) is 5.24. The van der Waals surface area contributed by atoms with E-state index in [1.54, 1.807) is 0 Å². The zero-order valence-electron chi connectivity index (χ0n) is 10.7. The second-order valence-corrected chi connectivity index (χ2v) is 5.58. The highest BCUT2D eigenvalue weighted by Crippen LogP contribution is 2.27. The summed E-state index contributed by atoms with van der Waals surface area (Å²) in [4.78, 5) is 0. The van der Waals surface area contributed by atoms with Crippen molar-refractivity contribution >= 4 is 11.6 Å². The van der Waals surface area contributed by atoms with Crippen LogP contribution in [-0.4, -0.2) is 12.1 Å². The molecular weight excluding hydrogens is 234 g/mol. The first-order valence-electron chi connectivity index (χ1n) is 5.62. The summed E-state index contributed by atoms with van der Waals surface area (Å²) in [5, 5.41) is 0.619. The van der Waals surface area contributed by atoms with Gasteiger partial charge < -0.3 is 10.5 Å². The lowest BCUT2D eigenvalue weighted by Gasteiger charge is -2.19. The summed E-state index contributed by atoms with van der Waals surface area (Å²) in [5.74, 6) is 0.688. The van der Waals surface area contributed by atoms with E-state index in [9.17, 15) is 0 Å². The SMILES string of the molecule is C=C(C)COc1ccc(CC(C)(C)N)cc1Cl. The Kier molecular flexibility index (Phi) is 4.61. The van der Waals surface area contributed by atoms with Crippen molar-refractivity contribution in [2.45, 2.75) is 32.7 Å². The molecule has 1 rings (SSSR count). The van der Waals surface area contributed by atoms with Gasteiger partial charge in [0, 0.05) is 5.54 Å². The van der Waals surface area contributed by atoms with Crippen LogP contribution in [0.3, 0.4) is 0 Å². The quantitative estimate of drug-likeness (QED) is 0.815. The molecule has 0 unspecified atom stereocenters. The molecule has 0 atom stereocenters. The Balaban J connectivity index is 2.76. The average molecular weight is 254 g/mol. The predicted octanol–water partition coefficient (Wildman–Crippen LogP) is 3.57. The van der Waals surface area contributed by atoms with E-state index in [1.165, 1.54) is 0 Å². The zero-order valence-corrected chi connectivity index (χ0v) is 11.5. The second-order valence-electron chi connectivity index (χ2n) is 5.18. The molecule has 2 N–H and O–H groups in total. The molecule has 3 heteroatoms. The number of rotatable bonds is 5. The molecule has 0 heterocycles. The van der Waals surface area contributed by atoms with Gasteiger partial charge in [0.1, 0.15) is 12.4 Å². The normalized spacial score (nSPS) is 11.4. The summed E-state index contributed by atoms with van der Waals surface area (Å²) in [6, 6.07) is 5.78. The Labute approximate surface area is 108 Å². The topological polar surface area (TPSA) is 35.2 Å². The van der Waals surface area contributed by atoms with Crippen LogP contribution in [0.1, 0.15) is 26.3 Å². The van der Waals surface area contributed by atoms with Crippen molar-refractivity contribution in [2.75, 3.05) is 6.61 Å². The van der Waals surface area contributed by atoms with E-state index in [0.29, 0.717) is 17.4 Å². The van der Waals surface area contributed by atoms with Crippen molar-refractivity contribution in [2.24, 2.45) is 5.73 Å². The minimum atomic E-state index is -0.233. The van der Waals surface area contributed by atoms with Gasteiger partial charge in [-0.2, -0.15) is 0 Å². The number of hydrogen-bond acceptors (Lipinski definition) is 2. The molecule has 0 amide bonds. The molecule has 0 bridgehead atoms. The Morgan fingerprint density at radius 1 is 1.47 bits per heavy atom. The van der Waals surface area contributed by atoms with E-state index < -0.39 is 0 Å². The van der Waals surface area contributed by atoms with Crippen molar-refractivity contribution in [3.63, 3.8) is 0 Å². The second kappa shape index (κ2) is 5.56. The van der Waals surface area contributed by atoms with Crippen LogP contribution in [0.25, 0.3) is 0 Å². The van der Waals surface area contributed by atoms with E-state index in [-0.39, 0.29) is 5.54 Å². The number of ether oxygens (including phenoxy) is 1. The number of halogens is 1. The van der Waals surface area contributed by atoms with Gasteiger partial charge in [-0.25, -0.2) is 0 Å². The largest absolute Gasteiger partial charge is 0.488 e. The molecule has 0 aliphatic carbocycles. The molecule has 1 aromatic rings. The molecule has 0 saturated heterocycles. The van der Waals surface area contributed by atoms with Crippen molar-refractivity contribution in [3.05, 3.63) is 40.9 Å². The lowest BCUT2D eigenvalue weighted by molar-refractivity contribution is 0.352. The molecule has 0 aliphatic rings. The molecule has 0 saturated carbocycles. The standard InChI is InChI=1S/C14H20ClNO/c1-10(2)9-17-13-6-5-11(7-12(13)15)8-14(3,4)16/h5-7H,1,8-9,16H2,2-4H3. The fourth-order valence-corrected chi connectivity index (χ4v) is 1.76. The van der Waals surface area contributed by atoms with Gasteiger partial charge in [0.15, 0.2) is 0 Å². The Bertz CT molecular complexity index is 407. The maximum atomic E-state index is 6.15. The average Bonchev–Trinajstić information content (AvgIpc) is 2.13. The van der Waals surface area contributed by atoms with E-state index in [2.05, 4.69) is 6.58 Å². The highest BCUT2D eigenvalue weighted by molar-refractivity contribution is 6.32. The Hall–Kier alpha value is -0.990. The van der Waals surface area contributed by atoms with Crippen LogP contribution in [0, 0.1) is 0 Å². The molecular formula is C14H20ClNO. The molecule has 94 valence electrons. The first kappa shape index (κ1) is 14.1. The highest BCUT2D eigenvalue weighted by Gasteiger charge is 2.13. The summed E-state index contributed by atoms with van der Waals surface area (Å²) < 4.78 is 5.52. The van der Waals surface area contributed by atoms with E-state index >= 15 is 0 Å². The van der Waals surface area contributed by atoms with Gasteiger partial charge in [-0.1, -0.05) is 24.2 Å². The minimum Gasteiger partial charge on any atom is -0.488 e. The van der Waals surface area contributed by atoms with Crippen LogP contribution in [0.15, 0.2) is 30.4 Å². The first-order chi connectivity index (χ1) is 7.78. The fraction of sp³-hybridized carbons (Fsp3) is 0.429. The summed E-state index contributed by atoms with van der Waals surface area (Å²) in [6.45, 7) is 10.2. The first-order valence-corrected chi connectivity index (χ1v) is 6.00. The zero-order chi connectivity index (χ0) is 13.1. The van der Waals surface area contributed by atoms with Gasteiger partial charge in [-0.3, -0.25) is 0 Å². The van der Waals surface area contributed by atoms with Crippen molar-refractivity contribution < 1.29 is 4.74 Å². The Morgan fingerprint density at radius 2 is 2.12 bits per heavy atom. The molecule has 0 fully saturated rings. The van der Waals surface area contributed by atoms with Crippen molar-refractivity contribution in [1.82, 2.24) is 0 Å². The van der Waals surface area contributed by atoms with Gasteiger partial charge in [0.25, 0.3) is 0 Å². The van der Waals surface area contributed by atoms with E-state index in [0.717, 1.165) is 17.6 Å². The van der Waals surface area contributed by atoms with Gasteiger partial charge >= 0.3 is 0 Å². The predicted molar refractivity (Wildman–Crippen MR) is 73.7 cm³/mol. The molecule has 0 aromatic heterocycles. The summed E-state index contributed by atoms with van der Waals surface area (Å²) >= 11 is 6.15. The van der Waals surface area contributed by atoms with Gasteiger partial charge in [-0.15, -0.1) is 0 Å². The molecule has 17 heavy (non-hydrogen) atoms. The minimum absolute atomic E-state index is 0.233. The monoisotopic (exact) mass is 253 g/mol. The lowest BCUT2D eigenvalue weighted by Crippen LogP contribution is -2.34. The molecule has 0 spiro atoms. The smallest absolute Gasteiger partial charge is 0.138 e. The van der Waals surface area contributed by atoms with Crippen LogP contribution in [-0.2, 0) is 6.42 Å². The molecule has 2 nitrogen and oxygen atoms in total. The summed E-state index contributed by atoms with van der Waals surface area (Å²) in [7, 11) is 0. The highest BCUT2D eigenvalue weighted by atomic mass is 35.5. The molecule has 0 aliphatic heterocycles. The lowest BCUT2D eigenvalue weighted by atomic mass is 9.96. The van der Waals surface area contributed by atoms with Gasteiger partial charge in [0.05, 0.1) is 5.02 Å². The summed E-state index contributed by atoms with van der Waals surface area (Å²) in [5.41, 5.74) is 7.82. The van der Waals surface area contributed by atoms with Gasteiger partial charge in [0.2, 0.25) is 0 Å². The van der Waals surface area contributed by atoms with Gasteiger partial charge in [-0.05, 0) is 50.5 Å². The maximum absolute atomic E-state index is 6.15. The van der Waals surface area contributed by atoms with Crippen LogP contribution in [0.2, 0.25) is 5.02 Å². The molecule has 0 radical (unpaired) electrons. The van der Waals surface area contributed by atoms with Crippen LogP contribution in [0.4, 0.5) is 0 Å². The Morgan fingerprint density at radius 3 is 2.59 bits per heavy atom. The van der Waals surface area contributed by atoms with E-state index in [1.807, 2.05) is 39.0 Å². The summed E-state index contributed by atoms with van der Waals surface area (Å²) in [6.07, 6.45) is 0.785. The van der Waals surface area contributed by atoms with Crippen LogP contribution < -0.4 is 10.5 Å². The maximum Gasteiger partial charge on any atom is 0.138 e. The van der Waals surface area contributed by atoms with Crippen molar-refractivity contribution in [3.8, 4) is 5.75 Å². The van der Waals surface area contributed by atoms with E-state index in [4.69, 9.17) is 22.1 Å². The molecule has 1 aromatic carbocycles. The number of hydrogen-bond donors (Lipinski definition) is 1. The van der Waals surface area contributed by atoms with Crippen LogP contribution >= 0.6 is 11.6 Å². The third-order valence-corrected chi connectivity index (χ3v) is 2.43. The van der Waals surface area contributed by atoms with Crippen LogP contribution in [0.5, 0.6) is 5.75 Å². The number of benzene rings is 1. The number of nitrogens with two attached hydrogens (primary N) is 1. The third-order valence-electron chi connectivity index (χ3n) is 2.13. The fourth-order valence-electron chi connectivity index (χ4n) is 1.50. The van der Waals surface area contributed by atoms with Crippen molar-refractivity contribution in [1.29, 1.82) is 0 Å².